The lowest BCUT2D eigenvalue weighted by molar-refractivity contribution is -0.144. The molecule has 0 heterocycles. The highest BCUT2D eigenvalue weighted by Crippen LogP contribution is 2.25. The van der Waals surface area contributed by atoms with Crippen molar-refractivity contribution in [1.82, 2.24) is 5.32 Å². The largest absolute Gasteiger partial charge is 0.497 e. The van der Waals surface area contributed by atoms with Crippen LogP contribution in [0.3, 0.4) is 0 Å². The van der Waals surface area contributed by atoms with Gasteiger partial charge < -0.3 is 19.5 Å². The van der Waals surface area contributed by atoms with E-state index in [-0.39, 0.29) is 18.6 Å². The minimum absolute atomic E-state index is 0.107. The first-order valence-electron chi connectivity index (χ1n) is 7.90. The van der Waals surface area contributed by atoms with Crippen molar-refractivity contribution in [2.24, 2.45) is 0 Å². The zero-order valence-electron chi connectivity index (χ0n) is 14.6. The molecule has 1 aromatic carbocycles. The first-order chi connectivity index (χ1) is 11.5. The highest BCUT2D eigenvalue weighted by atomic mass is 16.5. The van der Waals surface area contributed by atoms with E-state index in [0.29, 0.717) is 17.1 Å². The summed E-state index contributed by atoms with van der Waals surface area (Å²) >= 11 is 0. The molecule has 0 unspecified atom stereocenters. The second-order valence-electron chi connectivity index (χ2n) is 5.13. The third kappa shape index (κ3) is 6.32. The summed E-state index contributed by atoms with van der Waals surface area (Å²) in [6.45, 7) is 3.69. The van der Waals surface area contributed by atoms with Crippen LogP contribution in [0.25, 0.3) is 6.08 Å². The molecule has 0 spiro atoms. The maximum Gasteiger partial charge on any atom is 0.331 e. The third-order valence-corrected chi connectivity index (χ3v) is 3.54. The smallest absolute Gasteiger partial charge is 0.331 e. The monoisotopic (exact) mass is 335 g/mol. The lowest BCUT2D eigenvalue weighted by Crippen LogP contribution is -2.36. The van der Waals surface area contributed by atoms with Gasteiger partial charge in [0.05, 0.1) is 14.2 Å². The maximum atomic E-state index is 11.7. The maximum absolute atomic E-state index is 11.7. The molecule has 0 radical (unpaired) electrons. The van der Waals surface area contributed by atoms with Crippen molar-refractivity contribution in [1.29, 1.82) is 0 Å². The predicted molar refractivity (Wildman–Crippen MR) is 92.1 cm³/mol. The quantitative estimate of drug-likeness (QED) is 0.554. The summed E-state index contributed by atoms with van der Waals surface area (Å²) in [5, 5.41) is 2.80. The fraction of sp³-hybridized carbons (Fsp3) is 0.444. The molecule has 0 aliphatic rings. The number of nitrogens with one attached hydrogen (secondary N) is 1. The van der Waals surface area contributed by atoms with Crippen molar-refractivity contribution in [3.8, 4) is 11.5 Å². The van der Waals surface area contributed by atoms with Gasteiger partial charge in [-0.15, -0.1) is 0 Å². The van der Waals surface area contributed by atoms with Gasteiger partial charge in [-0.1, -0.05) is 13.8 Å². The Balaban J connectivity index is 2.56. The van der Waals surface area contributed by atoms with Gasteiger partial charge in [0.25, 0.3) is 5.91 Å². The number of benzene rings is 1. The van der Waals surface area contributed by atoms with E-state index in [1.54, 1.807) is 31.4 Å². The predicted octanol–water partition coefficient (Wildman–Crippen LogP) is 2.57. The van der Waals surface area contributed by atoms with Crippen LogP contribution in [0.15, 0.2) is 24.3 Å². The van der Waals surface area contributed by atoms with Gasteiger partial charge in [-0.25, -0.2) is 4.79 Å². The molecule has 0 aliphatic heterocycles. The summed E-state index contributed by atoms with van der Waals surface area (Å²) in [4.78, 5) is 23.4. The van der Waals surface area contributed by atoms with E-state index in [2.05, 4.69) is 5.32 Å². The minimum atomic E-state index is -0.590. The first kappa shape index (κ1) is 19.5. The number of ether oxygens (including phenoxy) is 3. The van der Waals surface area contributed by atoms with Gasteiger partial charge in [0.15, 0.2) is 6.61 Å². The van der Waals surface area contributed by atoms with Crippen LogP contribution in [0.4, 0.5) is 0 Å². The lowest BCUT2D eigenvalue weighted by atomic mass is 10.1. The Morgan fingerprint density at radius 3 is 2.46 bits per heavy atom. The van der Waals surface area contributed by atoms with Gasteiger partial charge in [0.1, 0.15) is 11.5 Å². The molecule has 0 saturated heterocycles. The molecule has 1 amide bonds. The molecule has 0 saturated carbocycles. The molecule has 0 atom stereocenters. The van der Waals surface area contributed by atoms with Crippen molar-refractivity contribution in [3.05, 3.63) is 29.8 Å². The van der Waals surface area contributed by atoms with E-state index in [0.717, 1.165) is 12.8 Å². The van der Waals surface area contributed by atoms with Crippen molar-refractivity contribution >= 4 is 18.0 Å². The number of carbonyl (C=O) groups excluding carboxylic acids is 2. The fourth-order valence-corrected chi connectivity index (χ4v) is 2.06. The van der Waals surface area contributed by atoms with Gasteiger partial charge >= 0.3 is 5.97 Å². The molecule has 0 bridgehead atoms. The number of rotatable bonds is 9. The summed E-state index contributed by atoms with van der Waals surface area (Å²) in [6.07, 6.45) is 4.51. The van der Waals surface area contributed by atoms with Gasteiger partial charge in [0, 0.05) is 23.7 Å². The van der Waals surface area contributed by atoms with E-state index >= 15 is 0 Å². The molecule has 1 N–H and O–H groups in total. The summed E-state index contributed by atoms with van der Waals surface area (Å²) in [5.74, 6) is 0.342. The molecular formula is C18H25NO5. The average Bonchev–Trinajstić information content (AvgIpc) is 2.62. The van der Waals surface area contributed by atoms with Gasteiger partial charge in [-0.05, 0) is 31.1 Å². The molecule has 24 heavy (non-hydrogen) atoms. The highest BCUT2D eigenvalue weighted by Gasteiger charge is 2.10. The van der Waals surface area contributed by atoms with Crippen LogP contribution in [-0.4, -0.2) is 38.7 Å². The number of methoxy groups -OCH3 is 2. The zero-order chi connectivity index (χ0) is 17.9. The fourth-order valence-electron chi connectivity index (χ4n) is 2.06. The van der Waals surface area contributed by atoms with Gasteiger partial charge in [-0.2, -0.15) is 0 Å². The highest BCUT2D eigenvalue weighted by molar-refractivity contribution is 5.89. The van der Waals surface area contributed by atoms with E-state index in [9.17, 15) is 9.59 Å². The van der Waals surface area contributed by atoms with Gasteiger partial charge in [-0.3, -0.25) is 4.79 Å². The van der Waals surface area contributed by atoms with E-state index in [4.69, 9.17) is 14.2 Å². The average molecular weight is 335 g/mol. The van der Waals surface area contributed by atoms with Crippen LogP contribution in [0.5, 0.6) is 11.5 Å². The normalized spacial score (nSPS) is 10.7. The van der Waals surface area contributed by atoms with Crippen molar-refractivity contribution in [2.45, 2.75) is 32.7 Å². The Kier molecular flexibility index (Phi) is 8.39. The number of carbonyl (C=O) groups is 2. The first-order valence-corrected chi connectivity index (χ1v) is 7.90. The molecule has 0 aromatic heterocycles. The number of hydrogen-bond acceptors (Lipinski definition) is 5. The Hall–Kier alpha value is -2.50. The topological polar surface area (TPSA) is 73.9 Å². The SMILES string of the molecule is CCC(CC)NC(=O)COC(=O)/C=C/c1ccc(OC)cc1OC. The van der Waals surface area contributed by atoms with Crippen LogP contribution in [0.2, 0.25) is 0 Å². The molecule has 132 valence electrons. The standard InChI is InChI=1S/C18H25NO5/c1-5-14(6-2)19-17(20)12-24-18(21)10-8-13-7-9-15(22-3)11-16(13)23-4/h7-11,14H,5-6,12H2,1-4H3,(H,19,20)/b10-8+. The molecule has 0 aliphatic carbocycles. The molecule has 1 rings (SSSR count). The summed E-state index contributed by atoms with van der Waals surface area (Å²) in [6, 6.07) is 5.35. The molecule has 6 heteroatoms. The zero-order valence-corrected chi connectivity index (χ0v) is 14.6. The number of hydrogen-bond donors (Lipinski definition) is 1. The number of amides is 1. The van der Waals surface area contributed by atoms with Crippen LogP contribution >= 0.6 is 0 Å². The second kappa shape index (κ2) is 10.3. The molecule has 1 aromatic rings. The van der Waals surface area contributed by atoms with Crippen molar-refractivity contribution in [3.63, 3.8) is 0 Å². The Bertz CT molecular complexity index is 579. The Labute approximate surface area is 142 Å². The van der Waals surface area contributed by atoms with Crippen molar-refractivity contribution < 1.29 is 23.8 Å². The van der Waals surface area contributed by atoms with E-state index in [1.165, 1.54) is 13.2 Å². The van der Waals surface area contributed by atoms with Crippen LogP contribution in [0.1, 0.15) is 32.3 Å². The minimum Gasteiger partial charge on any atom is -0.497 e. The van der Waals surface area contributed by atoms with E-state index < -0.39 is 5.97 Å². The lowest BCUT2D eigenvalue weighted by Gasteiger charge is -2.14. The molecular weight excluding hydrogens is 310 g/mol. The third-order valence-electron chi connectivity index (χ3n) is 3.54. The van der Waals surface area contributed by atoms with E-state index in [1.807, 2.05) is 13.8 Å². The van der Waals surface area contributed by atoms with Crippen LogP contribution in [0, 0.1) is 0 Å². The van der Waals surface area contributed by atoms with Crippen molar-refractivity contribution in [2.75, 3.05) is 20.8 Å². The summed E-state index contributed by atoms with van der Waals surface area (Å²) in [7, 11) is 3.10. The Morgan fingerprint density at radius 1 is 1.17 bits per heavy atom. The second-order valence-corrected chi connectivity index (χ2v) is 5.13. The van der Waals surface area contributed by atoms with Crippen LogP contribution < -0.4 is 14.8 Å². The van der Waals surface area contributed by atoms with Crippen LogP contribution in [-0.2, 0) is 14.3 Å². The molecule has 0 fully saturated rings. The summed E-state index contributed by atoms with van der Waals surface area (Å²) < 4.78 is 15.3. The Morgan fingerprint density at radius 2 is 1.88 bits per heavy atom. The molecule has 6 nitrogen and oxygen atoms in total. The van der Waals surface area contributed by atoms with Gasteiger partial charge in [0.2, 0.25) is 0 Å². The summed E-state index contributed by atoms with van der Waals surface area (Å²) in [5.41, 5.74) is 0.705. The number of esters is 1.